The number of nitrogens with one attached hydrogen (secondary N) is 1. The third-order valence-electron chi connectivity index (χ3n) is 2.45. The largest absolute Gasteiger partial charge is 0.346 e. The molecular formula is C16H19FN2. The summed E-state index contributed by atoms with van der Waals surface area (Å²) in [5.41, 5.74) is 2.61. The zero-order valence-electron chi connectivity index (χ0n) is 11.6. The molecule has 0 unspecified atom stereocenters. The maximum absolute atomic E-state index is 12.7. The Morgan fingerprint density at radius 1 is 1.37 bits per heavy atom. The molecule has 1 N–H and O–H groups in total. The minimum atomic E-state index is -0.236. The van der Waals surface area contributed by atoms with E-state index in [1.807, 2.05) is 32.2 Å². The molecule has 2 aromatic heterocycles. The average Bonchev–Trinajstić information content (AvgIpc) is 2.89. The summed E-state index contributed by atoms with van der Waals surface area (Å²) in [4.78, 5) is 7.30. The molecule has 0 bridgehead atoms. The lowest BCUT2D eigenvalue weighted by Gasteiger charge is -2.01. The lowest BCUT2D eigenvalue weighted by molar-refractivity contribution is 0.641. The van der Waals surface area contributed by atoms with Crippen molar-refractivity contribution < 1.29 is 4.39 Å². The highest BCUT2D eigenvalue weighted by atomic mass is 19.1. The van der Waals surface area contributed by atoms with Crippen molar-refractivity contribution in [2.45, 2.75) is 20.8 Å². The number of pyridine rings is 1. The van der Waals surface area contributed by atoms with Gasteiger partial charge in [-0.25, -0.2) is 9.37 Å². The molecule has 0 radical (unpaired) electrons. The third-order valence-corrected chi connectivity index (χ3v) is 2.45. The summed E-state index contributed by atoms with van der Waals surface area (Å²) in [6.07, 6.45) is 8.38. The van der Waals surface area contributed by atoms with E-state index in [9.17, 15) is 4.39 Å². The van der Waals surface area contributed by atoms with E-state index in [0.717, 1.165) is 22.2 Å². The Hall–Kier alpha value is -2.16. The predicted molar refractivity (Wildman–Crippen MR) is 80.5 cm³/mol. The number of hydrogen-bond acceptors (Lipinski definition) is 1. The van der Waals surface area contributed by atoms with Gasteiger partial charge in [0.15, 0.2) is 0 Å². The third kappa shape index (κ3) is 3.91. The van der Waals surface area contributed by atoms with Gasteiger partial charge >= 0.3 is 0 Å². The van der Waals surface area contributed by atoms with Gasteiger partial charge < -0.3 is 4.98 Å². The Balaban J connectivity index is 0.000000861. The maximum Gasteiger partial charge on any atom is 0.137 e. The number of rotatable bonds is 3. The molecular weight excluding hydrogens is 239 g/mol. The van der Waals surface area contributed by atoms with Crippen LogP contribution in [0.2, 0.25) is 0 Å². The van der Waals surface area contributed by atoms with Crippen molar-refractivity contribution in [1.29, 1.82) is 0 Å². The van der Waals surface area contributed by atoms with E-state index in [-0.39, 0.29) is 5.83 Å². The zero-order valence-corrected chi connectivity index (χ0v) is 11.6. The average molecular weight is 258 g/mol. The van der Waals surface area contributed by atoms with Gasteiger partial charge in [0, 0.05) is 23.3 Å². The van der Waals surface area contributed by atoms with Gasteiger partial charge in [-0.3, -0.25) is 0 Å². The number of H-pyrrole nitrogens is 1. The molecule has 0 aromatic carbocycles. The first-order valence-corrected chi connectivity index (χ1v) is 6.31. The summed E-state index contributed by atoms with van der Waals surface area (Å²) in [7, 11) is 0. The van der Waals surface area contributed by atoms with Crippen LogP contribution in [0.25, 0.3) is 16.6 Å². The van der Waals surface area contributed by atoms with Crippen LogP contribution in [0.1, 0.15) is 26.3 Å². The van der Waals surface area contributed by atoms with Gasteiger partial charge in [0.2, 0.25) is 0 Å². The first kappa shape index (κ1) is 14.9. The van der Waals surface area contributed by atoms with Gasteiger partial charge in [0.1, 0.15) is 5.65 Å². The van der Waals surface area contributed by atoms with Crippen molar-refractivity contribution in [1.82, 2.24) is 9.97 Å². The summed E-state index contributed by atoms with van der Waals surface area (Å²) in [5.74, 6) is -0.236. The fourth-order valence-electron chi connectivity index (χ4n) is 1.58. The first-order valence-electron chi connectivity index (χ1n) is 6.31. The Labute approximate surface area is 113 Å². The summed E-state index contributed by atoms with van der Waals surface area (Å²) in [6, 6.07) is 3.94. The summed E-state index contributed by atoms with van der Waals surface area (Å²) < 4.78 is 12.7. The van der Waals surface area contributed by atoms with E-state index in [0.29, 0.717) is 0 Å². The normalized spacial score (nSPS) is 12.0. The molecule has 2 aromatic rings. The van der Waals surface area contributed by atoms with Crippen molar-refractivity contribution in [3.63, 3.8) is 0 Å². The molecule has 0 atom stereocenters. The van der Waals surface area contributed by atoms with Crippen molar-refractivity contribution in [3.05, 3.63) is 60.7 Å². The molecule has 19 heavy (non-hydrogen) atoms. The van der Waals surface area contributed by atoms with Crippen molar-refractivity contribution in [3.8, 4) is 0 Å². The first-order chi connectivity index (χ1) is 9.20. The fourth-order valence-corrected chi connectivity index (χ4v) is 1.58. The lowest BCUT2D eigenvalue weighted by Crippen LogP contribution is -1.84. The van der Waals surface area contributed by atoms with E-state index >= 15 is 0 Å². The molecule has 0 amide bonds. The Bertz CT molecular complexity index is 602. The topological polar surface area (TPSA) is 28.7 Å². The van der Waals surface area contributed by atoms with E-state index in [1.54, 1.807) is 18.3 Å². The molecule has 2 heterocycles. The van der Waals surface area contributed by atoms with Crippen LogP contribution in [0, 0.1) is 0 Å². The second-order valence-corrected chi connectivity index (χ2v) is 3.72. The zero-order chi connectivity index (χ0) is 14.3. The van der Waals surface area contributed by atoms with Crippen LogP contribution in [-0.4, -0.2) is 9.97 Å². The van der Waals surface area contributed by atoms with Crippen LogP contribution in [0.3, 0.4) is 0 Å². The number of fused-ring (bicyclic) bond motifs is 1. The van der Waals surface area contributed by atoms with E-state index in [4.69, 9.17) is 0 Å². The number of aromatic nitrogens is 2. The van der Waals surface area contributed by atoms with Crippen LogP contribution in [-0.2, 0) is 0 Å². The summed E-state index contributed by atoms with van der Waals surface area (Å²) in [5, 5.41) is 1.02. The predicted octanol–water partition coefficient (Wildman–Crippen LogP) is 5.03. The highest BCUT2D eigenvalue weighted by Crippen LogP contribution is 2.19. The molecule has 0 saturated carbocycles. The fraction of sp³-hybridized carbons (Fsp3) is 0.188. The molecule has 3 heteroatoms. The van der Waals surface area contributed by atoms with Crippen LogP contribution in [0.4, 0.5) is 4.39 Å². The molecule has 0 aliphatic heterocycles. The van der Waals surface area contributed by atoms with Gasteiger partial charge in [0.25, 0.3) is 0 Å². The second-order valence-electron chi connectivity index (χ2n) is 3.72. The Kier molecular flexibility index (Phi) is 5.73. The van der Waals surface area contributed by atoms with Crippen molar-refractivity contribution >= 4 is 16.6 Å². The summed E-state index contributed by atoms with van der Waals surface area (Å²) in [6.45, 7) is 9.14. The molecule has 100 valence electrons. The Morgan fingerprint density at radius 2 is 2.11 bits per heavy atom. The summed E-state index contributed by atoms with van der Waals surface area (Å²) >= 11 is 0. The van der Waals surface area contributed by atoms with Gasteiger partial charge in [-0.05, 0) is 30.7 Å². The molecule has 0 saturated heterocycles. The highest BCUT2D eigenvalue weighted by molar-refractivity contribution is 5.83. The number of aromatic amines is 1. The van der Waals surface area contributed by atoms with Crippen LogP contribution >= 0.6 is 0 Å². The SMILES string of the molecule is C=C/C(=C\C=C(/C)F)c1cnc2[nH]ccc2c1.CC. The van der Waals surface area contributed by atoms with Gasteiger partial charge in [-0.15, -0.1) is 0 Å². The van der Waals surface area contributed by atoms with Gasteiger partial charge in [0.05, 0.1) is 5.83 Å². The van der Waals surface area contributed by atoms with Gasteiger partial charge in [-0.1, -0.05) is 32.6 Å². The smallest absolute Gasteiger partial charge is 0.137 e. The molecule has 0 fully saturated rings. The number of hydrogen-bond donors (Lipinski definition) is 1. The molecule has 0 spiro atoms. The van der Waals surface area contributed by atoms with Gasteiger partial charge in [-0.2, -0.15) is 0 Å². The van der Waals surface area contributed by atoms with E-state index in [2.05, 4.69) is 16.5 Å². The van der Waals surface area contributed by atoms with Crippen molar-refractivity contribution in [2.24, 2.45) is 0 Å². The quantitative estimate of drug-likeness (QED) is 0.768. The number of nitrogens with zero attached hydrogens (tertiary/aromatic N) is 1. The lowest BCUT2D eigenvalue weighted by atomic mass is 10.1. The number of allylic oxidation sites excluding steroid dienone is 5. The highest BCUT2D eigenvalue weighted by Gasteiger charge is 2.01. The van der Waals surface area contributed by atoms with Crippen LogP contribution in [0.5, 0.6) is 0 Å². The van der Waals surface area contributed by atoms with Crippen LogP contribution < -0.4 is 0 Å². The van der Waals surface area contributed by atoms with E-state index in [1.165, 1.54) is 13.0 Å². The monoisotopic (exact) mass is 258 g/mol. The molecule has 0 aliphatic rings. The maximum atomic E-state index is 12.7. The van der Waals surface area contributed by atoms with E-state index < -0.39 is 0 Å². The molecule has 2 nitrogen and oxygen atoms in total. The minimum absolute atomic E-state index is 0.236. The standard InChI is InChI=1S/C14H13FN2.C2H6/c1-3-11(5-4-10(2)15)13-8-12-6-7-16-14(12)17-9-13;1-2/h3-9H,1H2,2H3,(H,16,17);1-2H3/b10-4+,11-5+;. The molecule has 2 rings (SSSR count). The minimum Gasteiger partial charge on any atom is -0.346 e. The molecule has 0 aliphatic carbocycles. The Morgan fingerprint density at radius 3 is 2.74 bits per heavy atom. The number of halogens is 1. The van der Waals surface area contributed by atoms with Crippen molar-refractivity contribution in [2.75, 3.05) is 0 Å². The second kappa shape index (κ2) is 7.31. The van der Waals surface area contributed by atoms with Crippen LogP contribution in [0.15, 0.2) is 55.2 Å².